The molecule has 0 N–H and O–H groups in total. The number of hydrogen-bond acceptors (Lipinski definition) is 4. The Morgan fingerprint density at radius 1 is 1.05 bits per heavy atom. The molecule has 22 heavy (non-hydrogen) atoms. The van der Waals surface area contributed by atoms with Crippen LogP contribution in [0.15, 0.2) is 0 Å². The van der Waals surface area contributed by atoms with Gasteiger partial charge in [0.2, 0.25) is 5.28 Å². The molecule has 1 saturated carbocycles. The second kappa shape index (κ2) is 5.97. The summed E-state index contributed by atoms with van der Waals surface area (Å²) in [6, 6.07) is 0.599. The molecule has 1 fully saturated rings. The lowest BCUT2D eigenvalue weighted by molar-refractivity contribution is 0.426. The molecule has 2 aromatic heterocycles. The van der Waals surface area contributed by atoms with Crippen LogP contribution in [0.25, 0.3) is 10.2 Å². The summed E-state index contributed by atoms with van der Waals surface area (Å²) in [7, 11) is 2.20. The smallest absolute Gasteiger partial charge is 0.225 e. The highest BCUT2D eigenvalue weighted by Gasteiger charge is 2.26. The largest absolute Gasteiger partial charge is 0.356 e. The summed E-state index contributed by atoms with van der Waals surface area (Å²) in [5, 5.41) is 1.68. The maximum atomic E-state index is 6.23. The minimum absolute atomic E-state index is 0.392. The molecule has 0 radical (unpaired) electrons. The molecule has 2 aliphatic carbocycles. The lowest BCUT2D eigenvalue weighted by Crippen LogP contribution is -2.34. The molecule has 2 aromatic rings. The number of fused-ring (bicyclic) bond motifs is 3. The Morgan fingerprint density at radius 3 is 2.64 bits per heavy atom. The third-order valence-corrected chi connectivity index (χ3v) is 6.58. The first-order valence-corrected chi connectivity index (χ1v) is 9.64. The number of aryl methyl sites for hydroxylation is 2. The Labute approximate surface area is 140 Å². The Bertz CT molecular complexity index is 691. The van der Waals surface area contributed by atoms with Gasteiger partial charge in [-0.15, -0.1) is 11.3 Å². The molecular formula is C17H22ClN3S. The number of thiophene rings is 1. The van der Waals surface area contributed by atoms with Crippen molar-refractivity contribution in [2.45, 2.75) is 63.8 Å². The summed E-state index contributed by atoms with van der Waals surface area (Å²) in [6.07, 6.45) is 11.5. The van der Waals surface area contributed by atoms with E-state index in [1.165, 1.54) is 73.6 Å². The fourth-order valence-electron chi connectivity index (χ4n) is 4.01. The van der Waals surface area contributed by atoms with Gasteiger partial charge in [0.15, 0.2) is 0 Å². The Kier molecular flexibility index (Phi) is 3.99. The SMILES string of the molecule is CN(c1nc(Cl)nc2sc3c(c12)CCCC3)C1CCCCC1. The normalized spacial score (nSPS) is 19.4. The van der Waals surface area contributed by atoms with E-state index >= 15 is 0 Å². The molecule has 5 heteroatoms. The third kappa shape index (κ3) is 2.50. The Morgan fingerprint density at radius 2 is 1.82 bits per heavy atom. The lowest BCUT2D eigenvalue weighted by Gasteiger charge is -2.32. The van der Waals surface area contributed by atoms with Gasteiger partial charge in [-0.05, 0) is 55.7 Å². The van der Waals surface area contributed by atoms with E-state index in [2.05, 4.69) is 21.9 Å². The van der Waals surface area contributed by atoms with E-state index in [-0.39, 0.29) is 0 Å². The van der Waals surface area contributed by atoms with Crippen molar-refractivity contribution in [3.8, 4) is 0 Å². The number of hydrogen-bond donors (Lipinski definition) is 0. The number of rotatable bonds is 2. The van der Waals surface area contributed by atoms with Crippen LogP contribution in [0.4, 0.5) is 5.82 Å². The maximum Gasteiger partial charge on any atom is 0.225 e. The summed E-state index contributed by atoms with van der Waals surface area (Å²) in [4.78, 5) is 14.1. The summed E-state index contributed by atoms with van der Waals surface area (Å²) in [5.41, 5.74) is 1.50. The zero-order valence-electron chi connectivity index (χ0n) is 13.1. The van der Waals surface area contributed by atoms with Crippen LogP contribution < -0.4 is 4.90 Å². The quantitative estimate of drug-likeness (QED) is 0.724. The van der Waals surface area contributed by atoms with Crippen LogP contribution in [0.1, 0.15) is 55.4 Å². The fourth-order valence-corrected chi connectivity index (χ4v) is 5.48. The highest BCUT2D eigenvalue weighted by molar-refractivity contribution is 7.19. The first-order valence-electron chi connectivity index (χ1n) is 8.44. The van der Waals surface area contributed by atoms with E-state index in [9.17, 15) is 0 Å². The molecule has 0 bridgehead atoms. The molecule has 3 nitrogen and oxygen atoms in total. The molecule has 2 aliphatic rings. The number of nitrogens with zero attached hydrogens (tertiary/aromatic N) is 3. The van der Waals surface area contributed by atoms with Gasteiger partial charge < -0.3 is 4.90 Å². The van der Waals surface area contributed by atoms with E-state index in [0.29, 0.717) is 11.3 Å². The minimum Gasteiger partial charge on any atom is -0.356 e. The van der Waals surface area contributed by atoms with Crippen molar-refractivity contribution in [2.24, 2.45) is 0 Å². The highest BCUT2D eigenvalue weighted by Crippen LogP contribution is 2.41. The first-order chi connectivity index (χ1) is 10.7. The number of aromatic nitrogens is 2. The van der Waals surface area contributed by atoms with Crippen molar-refractivity contribution in [1.82, 2.24) is 9.97 Å². The van der Waals surface area contributed by atoms with Gasteiger partial charge >= 0.3 is 0 Å². The van der Waals surface area contributed by atoms with Crippen molar-refractivity contribution in [1.29, 1.82) is 0 Å². The fraction of sp³-hybridized carbons (Fsp3) is 0.647. The average Bonchev–Trinajstić information content (AvgIpc) is 2.92. The summed E-state index contributed by atoms with van der Waals surface area (Å²) in [5.74, 6) is 1.07. The number of anilines is 1. The predicted molar refractivity (Wildman–Crippen MR) is 94.3 cm³/mol. The molecule has 0 atom stereocenters. The van der Waals surface area contributed by atoms with Gasteiger partial charge in [0.05, 0.1) is 5.39 Å². The molecule has 0 spiro atoms. The van der Waals surface area contributed by atoms with Crippen LogP contribution in [0.3, 0.4) is 0 Å². The van der Waals surface area contributed by atoms with Crippen LogP contribution in [-0.2, 0) is 12.8 Å². The van der Waals surface area contributed by atoms with Crippen LogP contribution in [0.5, 0.6) is 0 Å². The number of halogens is 1. The van der Waals surface area contributed by atoms with Gasteiger partial charge in [0.25, 0.3) is 0 Å². The van der Waals surface area contributed by atoms with E-state index in [1.54, 1.807) is 0 Å². The molecule has 118 valence electrons. The summed E-state index contributed by atoms with van der Waals surface area (Å²) in [6.45, 7) is 0. The molecule has 0 saturated heterocycles. The zero-order chi connectivity index (χ0) is 15.1. The van der Waals surface area contributed by atoms with E-state index in [4.69, 9.17) is 11.6 Å². The monoisotopic (exact) mass is 335 g/mol. The molecule has 2 heterocycles. The van der Waals surface area contributed by atoms with Gasteiger partial charge in [-0.1, -0.05) is 19.3 Å². The van der Waals surface area contributed by atoms with Crippen molar-refractivity contribution in [3.63, 3.8) is 0 Å². The van der Waals surface area contributed by atoms with Gasteiger partial charge in [0.1, 0.15) is 10.6 Å². The van der Waals surface area contributed by atoms with Crippen LogP contribution in [-0.4, -0.2) is 23.1 Å². The Hall–Kier alpha value is -0.870. The van der Waals surface area contributed by atoms with Gasteiger partial charge in [0, 0.05) is 18.0 Å². The van der Waals surface area contributed by atoms with Crippen molar-refractivity contribution < 1.29 is 0 Å². The van der Waals surface area contributed by atoms with E-state index < -0.39 is 0 Å². The van der Waals surface area contributed by atoms with E-state index in [1.807, 2.05) is 11.3 Å². The van der Waals surface area contributed by atoms with Gasteiger partial charge in [-0.2, -0.15) is 4.98 Å². The van der Waals surface area contributed by atoms with Gasteiger partial charge in [-0.3, -0.25) is 0 Å². The maximum absolute atomic E-state index is 6.23. The third-order valence-electron chi connectivity index (χ3n) is 5.22. The summed E-state index contributed by atoms with van der Waals surface area (Å²) < 4.78 is 0. The molecule has 0 unspecified atom stereocenters. The minimum atomic E-state index is 0.392. The standard InChI is InChI=1S/C17H22ClN3S/c1-21(11-7-3-2-4-8-11)15-14-12-9-5-6-10-13(12)22-16(14)20-17(18)19-15/h11H,2-10H2,1H3. The molecule has 0 aromatic carbocycles. The van der Waals surface area contributed by atoms with E-state index in [0.717, 1.165) is 10.6 Å². The molecule has 0 aliphatic heterocycles. The summed E-state index contributed by atoms with van der Waals surface area (Å²) >= 11 is 8.06. The van der Waals surface area contributed by atoms with Crippen LogP contribution in [0.2, 0.25) is 5.28 Å². The second-order valence-electron chi connectivity index (χ2n) is 6.61. The molecule has 0 amide bonds. The first kappa shape index (κ1) is 14.7. The molecular weight excluding hydrogens is 314 g/mol. The topological polar surface area (TPSA) is 29.0 Å². The van der Waals surface area contributed by atoms with Crippen LogP contribution in [0, 0.1) is 0 Å². The average molecular weight is 336 g/mol. The second-order valence-corrected chi connectivity index (χ2v) is 8.03. The van der Waals surface area contributed by atoms with Gasteiger partial charge in [-0.25, -0.2) is 4.98 Å². The highest BCUT2D eigenvalue weighted by atomic mass is 35.5. The molecule has 4 rings (SSSR count). The van der Waals surface area contributed by atoms with Crippen molar-refractivity contribution in [2.75, 3.05) is 11.9 Å². The lowest BCUT2D eigenvalue weighted by atomic mass is 9.93. The van der Waals surface area contributed by atoms with Crippen molar-refractivity contribution in [3.05, 3.63) is 15.7 Å². The predicted octanol–water partition coefficient (Wildman–Crippen LogP) is 4.99. The van der Waals surface area contributed by atoms with Crippen LogP contribution >= 0.6 is 22.9 Å². The Balaban J connectivity index is 1.83. The van der Waals surface area contributed by atoms with Crippen molar-refractivity contribution >= 4 is 39.0 Å². The zero-order valence-corrected chi connectivity index (χ0v) is 14.6.